The normalized spacial score (nSPS) is 20.6. The first-order chi connectivity index (χ1) is 12.6. The maximum absolute atomic E-state index is 12.9. The minimum atomic E-state index is 0.00181. The molecule has 1 unspecified atom stereocenters. The Morgan fingerprint density at radius 2 is 1.96 bits per heavy atom. The van der Waals surface area contributed by atoms with Crippen LogP contribution in [-0.2, 0) is 11.8 Å². The predicted octanol–water partition coefficient (Wildman–Crippen LogP) is 1.93. The number of thiophene rings is 1. The summed E-state index contributed by atoms with van der Waals surface area (Å²) >= 11 is 1.51. The highest BCUT2D eigenvalue weighted by atomic mass is 32.1. The van der Waals surface area contributed by atoms with E-state index in [4.69, 9.17) is 4.74 Å². The first kappa shape index (κ1) is 17.2. The lowest BCUT2D eigenvalue weighted by atomic mass is 10.2. The summed E-state index contributed by atoms with van der Waals surface area (Å²) in [7, 11) is 1.78. The van der Waals surface area contributed by atoms with Crippen molar-refractivity contribution in [3.63, 3.8) is 0 Å². The fourth-order valence-electron chi connectivity index (χ4n) is 3.61. The molecule has 4 heterocycles. The van der Waals surface area contributed by atoms with E-state index in [2.05, 4.69) is 5.10 Å². The Morgan fingerprint density at radius 1 is 1.15 bits per heavy atom. The van der Waals surface area contributed by atoms with E-state index in [-0.39, 0.29) is 17.9 Å². The van der Waals surface area contributed by atoms with Crippen molar-refractivity contribution in [2.45, 2.75) is 18.9 Å². The summed E-state index contributed by atoms with van der Waals surface area (Å²) in [5.41, 5.74) is 0.595. The van der Waals surface area contributed by atoms with Gasteiger partial charge < -0.3 is 14.5 Å². The highest BCUT2D eigenvalue weighted by Crippen LogP contribution is 2.37. The number of ether oxygens (including phenoxy) is 1. The second-order valence-corrected chi connectivity index (χ2v) is 7.72. The molecule has 0 aliphatic carbocycles. The molecule has 8 heteroatoms. The molecule has 2 aliphatic heterocycles. The van der Waals surface area contributed by atoms with E-state index in [0.29, 0.717) is 32.0 Å². The molecule has 138 valence electrons. The van der Waals surface area contributed by atoms with E-state index in [1.54, 1.807) is 24.0 Å². The van der Waals surface area contributed by atoms with Crippen LogP contribution in [0, 0.1) is 0 Å². The molecule has 0 radical (unpaired) electrons. The number of rotatable bonds is 3. The molecule has 2 saturated heterocycles. The molecule has 2 aliphatic rings. The van der Waals surface area contributed by atoms with Gasteiger partial charge in [0.1, 0.15) is 5.69 Å². The lowest BCUT2D eigenvalue weighted by Crippen LogP contribution is -2.40. The van der Waals surface area contributed by atoms with Gasteiger partial charge in [0.2, 0.25) is 0 Å². The third-order valence-electron chi connectivity index (χ3n) is 5.02. The van der Waals surface area contributed by atoms with Crippen molar-refractivity contribution in [3.05, 3.63) is 39.8 Å². The number of nitrogens with zero attached hydrogens (tertiary/aromatic N) is 4. The maximum atomic E-state index is 12.9. The summed E-state index contributed by atoms with van der Waals surface area (Å²) in [6.45, 7) is 3.21. The molecule has 0 aromatic carbocycles. The fourth-order valence-corrected chi connectivity index (χ4v) is 4.73. The number of morpholine rings is 1. The van der Waals surface area contributed by atoms with Gasteiger partial charge in [0.15, 0.2) is 0 Å². The Morgan fingerprint density at radius 3 is 2.69 bits per heavy atom. The lowest BCUT2D eigenvalue weighted by molar-refractivity contribution is 0.0306. The Labute approximate surface area is 156 Å². The Hall–Kier alpha value is -2.19. The highest BCUT2D eigenvalue weighted by molar-refractivity contribution is 7.14. The van der Waals surface area contributed by atoms with Crippen molar-refractivity contribution in [3.8, 4) is 0 Å². The van der Waals surface area contributed by atoms with Crippen molar-refractivity contribution in [1.82, 2.24) is 19.6 Å². The molecule has 0 bridgehead atoms. The van der Waals surface area contributed by atoms with Gasteiger partial charge in [-0.05, 0) is 31.0 Å². The number of aryl methyl sites for hydroxylation is 1. The monoisotopic (exact) mass is 374 g/mol. The van der Waals surface area contributed by atoms with Gasteiger partial charge in [0.25, 0.3) is 11.8 Å². The van der Waals surface area contributed by atoms with Crippen molar-refractivity contribution < 1.29 is 14.3 Å². The zero-order valence-electron chi connectivity index (χ0n) is 14.8. The van der Waals surface area contributed by atoms with Crippen LogP contribution in [-0.4, -0.2) is 64.2 Å². The maximum Gasteiger partial charge on any atom is 0.272 e. The first-order valence-electron chi connectivity index (χ1n) is 8.91. The van der Waals surface area contributed by atoms with Crippen LogP contribution in [0.4, 0.5) is 0 Å². The largest absolute Gasteiger partial charge is 0.378 e. The van der Waals surface area contributed by atoms with Gasteiger partial charge in [-0.25, -0.2) is 0 Å². The van der Waals surface area contributed by atoms with Crippen LogP contribution in [0.1, 0.15) is 43.9 Å². The third kappa shape index (κ3) is 3.14. The molecule has 4 rings (SSSR count). The number of amides is 2. The summed E-state index contributed by atoms with van der Waals surface area (Å²) in [6, 6.07) is 5.67. The first-order valence-corrected chi connectivity index (χ1v) is 9.72. The molecular weight excluding hydrogens is 352 g/mol. The zero-order valence-corrected chi connectivity index (χ0v) is 15.6. The molecule has 2 aromatic heterocycles. The van der Waals surface area contributed by atoms with Crippen LogP contribution in [0.5, 0.6) is 0 Å². The van der Waals surface area contributed by atoms with Crippen molar-refractivity contribution >= 4 is 23.2 Å². The summed E-state index contributed by atoms with van der Waals surface area (Å²) in [5.74, 6) is 0.0639. The summed E-state index contributed by atoms with van der Waals surface area (Å²) in [4.78, 5) is 31.1. The second-order valence-electron chi connectivity index (χ2n) is 6.60. The molecule has 1 atom stereocenters. The van der Waals surface area contributed by atoms with Gasteiger partial charge in [0, 0.05) is 37.8 Å². The molecule has 7 nitrogen and oxygen atoms in total. The molecule has 2 fully saturated rings. The number of likely N-dealkylation sites (tertiary alicyclic amines) is 1. The Balaban J connectivity index is 1.52. The molecular formula is C18H22N4O3S. The van der Waals surface area contributed by atoms with E-state index < -0.39 is 0 Å². The standard InChI is InChI=1S/C18H22N4O3S/c1-20-14(6-7-19-20)17(23)22-8-2-3-13(22)15-4-5-16(26-15)18(24)21-9-11-25-12-10-21/h4-7,13H,2-3,8-12H2,1H3. The van der Waals surface area contributed by atoms with Crippen LogP contribution in [0.3, 0.4) is 0 Å². The molecule has 0 spiro atoms. The lowest BCUT2D eigenvalue weighted by Gasteiger charge is -2.26. The van der Waals surface area contributed by atoms with Crippen molar-refractivity contribution in [1.29, 1.82) is 0 Å². The van der Waals surface area contributed by atoms with Crippen molar-refractivity contribution in [2.75, 3.05) is 32.8 Å². The highest BCUT2D eigenvalue weighted by Gasteiger charge is 2.33. The topological polar surface area (TPSA) is 67.7 Å². The van der Waals surface area contributed by atoms with Crippen LogP contribution in [0.15, 0.2) is 24.4 Å². The SMILES string of the molecule is Cn1nccc1C(=O)N1CCCC1c1ccc(C(=O)N2CCOCC2)s1. The van der Waals surface area contributed by atoms with E-state index in [1.165, 1.54) is 11.3 Å². The number of carbonyl (C=O) groups excluding carboxylic acids is 2. The van der Waals surface area contributed by atoms with E-state index in [1.807, 2.05) is 21.9 Å². The Bertz CT molecular complexity index is 809. The minimum absolute atomic E-state index is 0.00181. The number of hydrogen-bond acceptors (Lipinski definition) is 5. The van der Waals surface area contributed by atoms with E-state index >= 15 is 0 Å². The summed E-state index contributed by atoms with van der Waals surface area (Å²) < 4.78 is 6.93. The van der Waals surface area contributed by atoms with E-state index in [9.17, 15) is 9.59 Å². The smallest absolute Gasteiger partial charge is 0.272 e. The molecule has 0 saturated carbocycles. The quantitative estimate of drug-likeness (QED) is 0.823. The predicted molar refractivity (Wildman–Crippen MR) is 97.3 cm³/mol. The van der Waals surface area contributed by atoms with Gasteiger partial charge in [-0.3, -0.25) is 14.3 Å². The minimum Gasteiger partial charge on any atom is -0.378 e. The van der Waals surface area contributed by atoms with Gasteiger partial charge in [0.05, 0.1) is 24.1 Å². The molecule has 0 N–H and O–H groups in total. The number of aromatic nitrogens is 2. The van der Waals surface area contributed by atoms with Gasteiger partial charge in [-0.2, -0.15) is 5.10 Å². The zero-order chi connectivity index (χ0) is 18.1. The molecule has 2 amide bonds. The third-order valence-corrected chi connectivity index (χ3v) is 6.19. The summed E-state index contributed by atoms with van der Waals surface area (Å²) in [5, 5.41) is 4.10. The van der Waals surface area contributed by atoms with Crippen LogP contribution >= 0.6 is 11.3 Å². The number of hydrogen-bond donors (Lipinski definition) is 0. The second kappa shape index (κ2) is 7.20. The van der Waals surface area contributed by atoms with Gasteiger partial charge in [-0.15, -0.1) is 11.3 Å². The molecule has 26 heavy (non-hydrogen) atoms. The fraction of sp³-hybridized carbons (Fsp3) is 0.500. The van der Waals surface area contributed by atoms with Gasteiger partial charge >= 0.3 is 0 Å². The van der Waals surface area contributed by atoms with Crippen LogP contribution < -0.4 is 0 Å². The number of carbonyl (C=O) groups is 2. The van der Waals surface area contributed by atoms with Crippen LogP contribution in [0.25, 0.3) is 0 Å². The Kier molecular flexibility index (Phi) is 4.78. The average Bonchev–Trinajstić information content (AvgIpc) is 3.41. The average molecular weight is 374 g/mol. The van der Waals surface area contributed by atoms with E-state index in [0.717, 1.165) is 29.1 Å². The molecule has 2 aromatic rings. The van der Waals surface area contributed by atoms with Crippen LogP contribution in [0.2, 0.25) is 0 Å². The van der Waals surface area contributed by atoms with Gasteiger partial charge in [-0.1, -0.05) is 0 Å². The summed E-state index contributed by atoms with van der Waals surface area (Å²) in [6.07, 6.45) is 3.54. The van der Waals surface area contributed by atoms with Crippen molar-refractivity contribution in [2.24, 2.45) is 7.05 Å².